The lowest BCUT2D eigenvalue weighted by atomic mass is 9.96. The minimum Gasteiger partial charge on any atom is -0.481 e. The predicted molar refractivity (Wildman–Crippen MR) is 155 cm³/mol. The minimum atomic E-state index is -2.74. The summed E-state index contributed by atoms with van der Waals surface area (Å²) in [5.41, 5.74) is 0.563. The van der Waals surface area contributed by atoms with E-state index in [1.165, 1.54) is 17.6 Å². The van der Waals surface area contributed by atoms with Crippen molar-refractivity contribution in [3.63, 3.8) is 0 Å². The van der Waals surface area contributed by atoms with E-state index in [9.17, 15) is 18.8 Å². The van der Waals surface area contributed by atoms with Crippen LogP contribution in [0.25, 0.3) is 11.0 Å². The van der Waals surface area contributed by atoms with Crippen molar-refractivity contribution in [3.8, 4) is 0 Å². The molecule has 12 nitrogen and oxygen atoms in total. The van der Waals surface area contributed by atoms with Crippen LogP contribution in [-0.4, -0.2) is 74.5 Å². The first kappa shape index (κ1) is 32.9. The summed E-state index contributed by atoms with van der Waals surface area (Å²) in [4.78, 5) is 41.9. The number of benzene rings is 2. The molecule has 0 fully saturated rings. The summed E-state index contributed by atoms with van der Waals surface area (Å²) in [6.45, 7) is 7.72. The Morgan fingerprint density at radius 3 is 2.19 bits per heavy atom. The Kier molecular flexibility index (Phi) is 11.5. The largest absolute Gasteiger partial charge is 0.481 e. The van der Waals surface area contributed by atoms with Gasteiger partial charge in [-0.1, -0.05) is 24.3 Å². The number of carboxylic acids is 3. The van der Waals surface area contributed by atoms with E-state index in [2.05, 4.69) is 51.1 Å². The molecule has 2 heterocycles. The van der Waals surface area contributed by atoms with Gasteiger partial charge in [-0.05, 0) is 50.1 Å². The Balaban J connectivity index is 0.000000331. The molecule has 0 spiro atoms. The summed E-state index contributed by atoms with van der Waals surface area (Å²) in [7, 11) is 0. The number of aromatic nitrogens is 4. The molecule has 4 N–H and O–H groups in total. The number of halogens is 1. The number of rotatable bonds is 14. The van der Waals surface area contributed by atoms with Crippen molar-refractivity contribution in [2.45, 2.75) is 64.4 Å². The van der Waals surface area contributed by atoms with Crippen molar-refractivity contribution in [3.05, 3.63) is 84.5 Å². The van der Waals surface area contributed by atoms with Gasteiger partial charge in [0, 0.05) is 38.1 Å². The first-order valence-electron chi connectivity index (χ1n) is 13.7. The number of carbonyl (C=O) groups is 3. The van der Waals surface area contributed by atoms with Crippen LogP contribution in [0.3, 0.4) is 0 Å². The van der Waals surface area contributed by atoms with Crippen molar-refractivity contribution in [2.24, 2.45) is 0 Å². The highest BCUT2D eigenvalue weighted by molar-refractivity contribution is 5.88. The molecule has 0 saturated heterocycles. The van der Waals surface area contributed by atoms with E-state index in [-0.39, 0.29) is 5.82 Å². The molecule has 230 valence electrons. The molecule has 0 atom stereocenters. The van der Waals surface area contributed by atoms with Crippen LogP contribution in [0.4, 0.5) is 4.39 Å². The van der Waals surface area contributed by atoms with Gasteiger partial charge in [-0.15, -0.1) is 0 Å². The Hall–Kier alpha value is -4.62. The van der Waals surface area contributed by atoms with E-state index < -0.39 is 36.4 Å². The summed E-state index contributed by atoms with van der Waals surface area (Å²) >= 11 is 0. The number of imidazole rings is 2. The molecule has 0 aliphatic heterocycles. The van der Waals surface area contributed by atoms with Gasteiger partial charge in [-0.25, -0.2) is 19.2 Å². The normalized spacial score (nSPS) is 11.5. The number of carboxylic acid groups (broad SMARTS) is 3. The van der Waals surface area contributed by atoms with E-state index in [4.69, 9.17) is 25.4 Å². The van der Waals surface area contributed by atoms with Gasteiger partial charge in [0.2, 0.25) is 0 Å². The molecule has 13 heteroatoms. The topological polar surface area (TPSA) is 171 Å². The molecule has 0 unspecified atom stereocenters. The molecule has 0 aliphatic rings. The van der Waals surface area contributed by atoms with E-state index >= 15 is 0 Å². The molecular formula is C30H36FN5O7. The number of hydrogen-bond acceptors (Lipinski definition) is 7. The number of para-hydroxylation sites is 2. The maximum Gasteiger partial charge on any atom is 0.336 e. The average Bonchev–Trinajstić information content (AvgIpc) is 3.57. The molecule has 0 amide bonds. The fourth-order valence-electron chi connectivity index (χ4n) is 4.65. The number of aliphatic hydroxyl groups is 1. The smallest absolute Gasteiger partial charge is 0.336 e. The van der Waals surface area contributed by atoms with Crippen molar-refractivity contribution in [2.75, 3.05) is 6.54 Å². The Labute approximate surface area is 247 Å². The predicted octanol–water partition coefficient (Wildman–Crippen LogP) is 3.80. The van der Waals surface area contributed by atoms with Gasteiger partial charge in [0.15, 0.2) is 5.60 Å². The first-order valence-corrected chi connectivity index (χ1v) is 13.7. The molecule has 0 bridgehead atoms. The van der Waals surface area contributed by atoms with Crippen LogP contribution in [0.1, 0.15) is 50.5 Å². The van der Waals surface area contributed by atoms with Gasteiger partial charge in [0.05, 0.1) is 36.7 Å². The van der Waals surface area contributed by atoms with Crippen LogP contribution < -0.4 is 0 Å². The SMILES string of the molecule is CC(C)n1c(CN(CCCn2ccnc2)Cc2ccc(F)cc2)nc2ccccc21.O=C(O)CC(O)(CC(=O)O)C(=O)O. The zero-order valence-corrected chi connectivity index (χ0v) is 24.0. The maximum absolute atomic E-state index is 13.4. The third-order valence-electron chi connectivity index (χ3n) is 6.61. The Morgan fingerprint density at radius 1 is 0.977 bits per heavy atom. The van der Waals surface area contributed by atoms with Crippen LogP contribution >= 0.6 is 0 Å². The van der Waals surface area contributed by atoms with E-state index in [0.717, 1.165) is 49.5 Å². The number of aliphatic carboxylic acids is 3. The zero-order valence-electron chi connectivity index (χ0n) is 24.0. The zero-order chi connectivity index (χ0) is 31.6. The molecule has 0 aliphatic carbocycles. The quantitative estimate of drug-likeness (QED) is 0.168. The fourth-order valence-corrected chi connectivity index (χ4v) is 4.65. The lowest BCUT2D eigenvalue weighted by Crippen LogP contribution is -2.42. The number of hydrogen-bond donors (Lipinski definition) is 4. The summed E-state index contributed by atoms with van der Waals surface area (Å²) in [6.07, 6.45) is 4.36. The third kappa shape index (κ3) is 9.72. The molecule has 43 heavy (non-hydrogen) atoms. The molecule has 4 rings (SSSR count). The Morgan fingerprint density at radius 2 is 1.63 bits per heavy atom. The highest BCUT2D eigenvalue weighted by Gasteiger charge is 2.40. The van der Waals surface area contributed by atoms with Crippen LogP contribution in [0.15, 0.2) is 67.3 Å². The number of aryl methyl sites for hydroxylation is 1. The van der Waals surface area contributed by atoms with E-state index in [1.54, 1.807) is 6.20 Å². The van der Waals surface area contributed by atoms with Gasteiger partial charge in [-0.2, -0.15) is 0 Å². The fraction of sp³-hybridized carbons (Fsp3) is 0.367. The summed E-state index contributed by atoms with van der Waals surface area (Å²) in [6, 6.07) is 15.4. The summed E-state index contributed by atoms with van der Waals surface area (Å²) in [5.74, 6) is -4.16. The van der Waals surface area contributed by atoms with Crippen LogP contribution in [0.2, 0.25) is 0 Å². The van der Waals surface area contributed by atoms with Crippen LogP contribution in [0, 0.1) is 5.82 Å². The molecule has 0 saturated carbocycles. The number of fused-ring (bicyclic) bond motifs is 1. The highest BCUT2D eigenvalue weighted by Crippen LogP contribution is 2.23. The third-order valence-corrected chi connectivity index (χ3v) is 6.61. The maximum atomic E-state index is 13.4. The van der Waals surface area contributed by atoms with E-state index in [1.807, 2.05) is 30.7 Å². The van der Waals surface area contributed by atoms with Gasteiger partial charge < -0.3 is 29.6 Å². The lowest BCUT2D eigenvalue weighted by molar-refractivity contribution is -0.170. The van der Waals surface area contributed by atoms with Crippen molar-refractivity contribution < 1.29 is 39.2 Å². The van der Waals surface area contributed by atoms with Crippen molar-refractivity contribution in [1.29, 1.82) is 0 Å². The molecule has 2 aromatic heterocycles. The van der Waals surface area contributed by atoms with Gasteiger partial charge in [0.25, 0.3) is 0 Å². The molecule has 4 aromatic rings. The van der Waals surface area contributed by atoms with Crippen molar-refractivity contribution >= 4 is 28.9 Å². The van der Waals surface area contributed by atoms with E-state index in [0.29, 0.717) is 6.04 Å². The first-order chi connectivity index (χ1) is 20.4. The van der Waals surface area contributed by atoms with Gasteiger partial charge in [0.1, 0.15) is 11.6 Å². The molecule has 2 aromatic carbocycles. The van der Waals surface area contributed by atoms with Crippen molar-refractivity contribution in [1.82, 2.24) is 24.0 Å². The Bertz CT molecular complexity index is 1490. The van der Waals surface area contributed by atoms with Gasteiger partial charge in [-0.3, -0.25) is 14.5 Å². The summed E-state index contributed by atoms with van der Waals surface area (Å²) < 4.78 is 17.8. The monoisotopic (exact) mass is 597 g/mol. The standard InChI is InChI=1S/C24H28FN5.C6H8O7/c1-19(2)30-23-7-4-3-6-22(23)27-24(30)17-29(14-5-13-28-15-12-26-18-28)16-20-8-10-21(25)11-9-20;7-3(8)1-6(13,5(11)12)2-4(9)10/h3-4,6-12,15,18-19H,5,13-14,16-17H2,1-2H3;13H,1-2H2,(H,7,8)(H,9,10)(H,11,12). The molecular weight excluding hydrogens is 561 g/mol. The highest BCUT2D eigenvalue weighted by atomic mass is 19.1. The average molecular weight is 598 g/mol. The van der Waals surface area contributed by atoms with Crippen LogP contribution in [-0.2, 0) is 34.0 Å². The lowest BCUT2D eigenvalue weighted by Gasteiger charge is -2.24. The second-order valence-corrected chi connectivity index (χ2v) is 10.4. The number of nitrogens with zero attached hydrogens (tertiary/aromatic N) is 5. The second-order valence-electron chi connectivity index (χ2n) is 10.4. The summed E-state index contributed by atoms with van der Waals surface area (Å²) in [5, 5.41) is 33.8. The molecule has 0 radical (unpaired) electrons. The van der Waals surface area contributed by atoms with Gasteiger partial charge >= 0.3 is 17.9 Å². The minimum absolute atomic E-state index is 0.202. The second kappa shape index (κ2) is 15.0. The van der Waals surface area contributed by atoms with Crippen LogP contribution in [0.5, 0.6) is 0 Å².